The fourth-order valence-electron chi connectivity index (χ4n) is 1.43. The average Bonchev–Trinajstić information content (AvgIpc) is 2.85. The molecule has 0 unspecified atom stereocenters. The molecule has 0 amide bonds. The maximum absolute atomic E-state index is 12.3. The van der Waals surface area contributed by atoms with Gasteiger partial charge in [-0.15, -0.1) is 0 Å². The minimum absolute atomic E-state index is 0.431. The molecule has 1 aromatic carbocycles. The zero-order valence-corrected chi connectivity index (χ0v) is 11.2. The standard InChI is InChI=1S/C12H10F3N3O2S/c13-12(14,15)10-8-11(17-16-10)18-21(19,20)7-6-9-4-2-1-3-5-9/h1-8H,(H2,16,17,18)/b7-6+. The van der Waals surface area contributed by atoms with Crippen LogP contribution < -0.4 is 4.72 Å². The van der Waals surface area contributed by atoms with Crippen molar-refractivity contribution >= 4 is 21.9 Å². The molecule has 0 aliphatic carbocycles. The van der Waals surface area contributed by atoms with Crippen LogP contribution in [0.25, 0.3) is 6.08 Å². The van der Waals surface area contributed by atoms with Crippen molar-refractivity contribution in [3.05, 3.63) is 53.1 Å². The Morgan fingerprint density at radius 3 is 2.43 bits per heavy atom. The highest BCUT2D eigenvalue weighted by Crippen LogP contribution is 2.28. The second kappa shape index (κ2) is 5.60. The fraction of sp³-hybridized carbons (Fsp3) is 0.0833. The van der Waals surface area contributed by atoms with Crippen LogP contribution in [0.1, 0.15) is 11.3 Å². The van der Waals surface area contributed by atoms with Crippen molar-refractivity contribution in [2.75, 3.05) is 4.72 Å². The Labute approximate surface area is 118 Å². The lowest BCUT2D eigenvalue weighted by atomic mass is 10.2. The number of benzene rings is 1. The average molecular weight is 317 g/mol. The van der Waals surface area contributed by atoms with Crippen LogP contribution in [0.4, 0.5) is 19.0 Å². The number of hydrogen-bond acceptors (Lipinski definition) is 3. The number of nitrogens with one attached hydrogen (secondary N) is 2. The van der Waals surface area contributed by atoms with Crippen LogP contribution in [0.5, 0.6) is 0 Å². The summed E-state index contributed by atoms with van der Waals surface area (Å²) >= 11 is 0. The van der Waals surface area contributed by atoms with E-state index < -0.39 is 27.7 Å². The van der Waals surface area contributed by atoms with Gasteiger partial charge >= 0.3 is 6.18 Å². The van der Waals surface area contributed by atoms with E-state index in [4.69, 9.17) is 0 Å². The van der Waals surface area contributed by atoms with E-state index in [1.807, 2.05) is 4.72 Å². The second-order valence-corrected chi connectivity index (χ2v) is 5.59. The van der Waals surface area contributed by atoms with E-state index >= 15 is 0 Å². The van der Waals surface area contributed by atoms with Crippen LogP contribution in [0.3, 0.4) is 0 Å². The molecule has 0 radical (unpaired) electrons. The number of H-pyrrole nitrogens is 1. The summed E-state index contributed by atoms with van der Waals surface area (Å²) in [5.41, 5.74) is -0.492. The van der Waals surface area contributed by atoms with Gasteiger partial charge < -0.3 is 0 Å². The predicted molar refractivity (Wildman–Crippen MR) is 71.6 cm³/mol. The van der Waals surface area contributed by atoms with Crippen LogP contribution in [0.2, 0.25) is 0 Å². The van der Waals surface area contributed by atoms with E-state index in [1.54, 1.807) is 35.4 Å². The van der Waals surface area contributed by atoms with Crippen molar-refractivity contribution < 1.29 is 21.6 Å². The Morgan fingerprint density at radius 1 is 1.19 bits per heavy atom. The molecule has 2 aromatic rings. The van der Waals surface area contributed by atoms with E-state index in [-0.39, 0.29) is 0 Å². The number of hydrogen-bond donors (Lipinski definition) is 2. The smallest absolute Gasteiger partial charge is 0.271 e. The molecule has 21 heavy (non-hydrogen) atoms. The summed E-state index contributed by atoms with van der Waals surface area (Å²) in [6, 6.07) is 9.16. The molecule has 0 spiro atoms. The topological polar surface area (TPSA) is 74.8 Å². The normalized spacial score (nSPS) is 12.7. The third-order valence-electron chi connectivity index (χ3n) is 2.37. The van der Waals surface area contributed by atoms with E-state index in [9.17, 15) is 21.6 Å². The number of aromatic amines is 1. The molecule has 5 nitrogen and oxygen atoms in total. The zero-order valence-electron chi connectivity index (χ0n) is 10.4. The summed E-state index contributed by atoms with van der Waals surface area (Å²) in [5, 5.41) is 5.82. The molecule has 0 fully saturated rings. The van der Waals surface area contributed by atoms with Crippen LogP contribution in [0.15, 0.2) is 41.8 Å². The third kappa shape index (κ3) is 4.35. The van der Waals surface area contributed by atoms with Crippen LogP contribution in [0, 0.1) is 0 Å². The van der Waals surface area contributed by atoms with Gasteiger partial charge in [-0.2, -0.15) is 18.3 Å². The molecule has 1 heterocycles. The van der Waals surface area contributed by atoms with Crippen molar-refractivity contribution in [2.45, 2.75) is 6.18 Å². The molecule has 0 bridgehead atoms. The maximum Gasteiger partial charge on any atom is 0.432 e. The number of rotatable bonds is 4. The molecule has 1 aromatic heterocycles. The zero-order chi connectivity index (χ0) is 15.5. The highest BCUT2D eigenvalue weighted by molar-refractivity contribution is 7.95. The van der Waals surface area contributed by atoms with E-state index in [0.29, 0.717) is 11.6 Å². The summed E-state index contributed by atoms with van der Waals surface area (Å²) in [5.74, 6) is -0.431. The predicted octanol–water partition coefficient (Wildman–Crippen LogP) is 2.84. The summed E-state index contributed by atoms with van der Waals surface area (Å²) < 4.78 is 62.3. The molecule has 0 saturated heterocycles. The molecule has 2 rings (SSSR count). The van der Waals surface area contributed by atoms with Crippen LogP contribution in [-0.4, -0.2) is 18.6 Å². The van der Waals surface area contributed by atoms with Gasteiger partial charge in [0.05, 0.1) is 5.41 Å². The van der Waals surface area contributed by atoms with Crippen LogP contribution in [-0.2, 0) is 16.2 Å². The summed E-state index contributed by atoms with van der Waals surface area (Å²) in [6.07, 6.45) is -3.30. The first-order valence-electron chi connectivity index (χ1n) is 5.65. The minimum Gasteiger partial charge on any atom is -0.271 e. The van der Waals surface area contributed by atoms with Crippen molar-refractivity contribution in [1.82, 2.24) is 10.2 Å². The molecule has 112 valence electrons. The van der Waals surface area contributed by atoms with Crippen molar-refractivity contribution in [1.29, 1.82) is 0 Å². The Hall–Kier alpha value is -2.29. The first-order chi connectivity index (χ1) is 9.76. The quantitative estimate of drug-likeness (QED) is 0.910. The number of aromatic nitrogens is 2. The lowest BCUT2D eigenvalue weighted by molar-refractivity contribution is -0.141. The molecular weight excluding hydrogens is 307 g/mol. The maximum atomic E-state index is 12.3. The minimum atomic E-state index is -4.61. The van der Waals surface area contributed by atoms with Gasteiger partial charge in [-0.05, 0) is 11.6 Å². The fourth-order valence-corrected chi connectivity index (χ4v) is 2.23. The Kier molecular flexibility index (Phi) is 4.03. The van der Waals surface area contributed by atoms with Gasteiger partial charge in [-0.3, -0.25) is 9.82 Å². The molecular formula is C12H10F3N3O2S. The van der Waals surface area contributed by atoms with Gasteiger partial charge in [0.1, 0.15) is 5.69 Å². The molecule has 0 saturated carbocycles. The van der Waals surface area contributed by atoms with E-state index in [1.165, 1.54) is 6.08 Å². The third-order valence-corrected chi connectivity index (χ3v) is 3.36. The number of alkyl halides is 3. The number of anilines is 1. The van der Waals surface area contributed by atoms with Gasteiger partial charge in [0, 0.05) is 6.07 Å². The lowest BCUT2D eigenvalue weighted by Gasteiger charge is -2.00. The highest BCUT2D eigenvalue weighted by atomic mass is 32.2. The lowest BCUT2D eigenvalue weighted by Crippen LogP contribution is -2.09. The second-order valence-electron chi connectivity index (χ2n) is 4.03. The monoisotopic (exact) mass is 317 g/mol. The summed E-state index contributed by atoms with van der Waals surface area (Å²) in [6.45, 7) is 0. The van der Waals surface area contributed by atoms with Gasteiger partial charge in [-0.1, -0.05) is 30.3 Å². The van der Waals surface area contributed by atoms with Gasteiger partial charge in [0.25, 0.3) is 10.0 Å². The summed E-state index contributed by atoms with van der Waals surface area (Å²) in [7, 11) is -3.95. The van der Waals surface area contributed by atoms with Crippen molar-refractivity contribution in [3.8, 4) is 0 Å². The summed E-state index contributed by atoms with van der Waals surface area (Å²) in [4.78, 5) is 0. The Bertz CT molecular complexity index is 737. The first kappa shape index (κ1) is 15.1. The largest absolute Gasteiger partial charge is 0.432 e. The number of halogens is 3. The van der Waals surface area contributed by atoms with Crippen molar-refractivity contribution in [2.24, 2.45) is 0 Å². The number of sulfonamides is 1. The van der Waals surface area contributed by atoms with Gasteiger partial charge in [-0.25, -0.2) is 8.42 Å². The van der Waals surface area contributed by atoms with E-state index in [0.717, 1.165) is 5.41 Å². The number of nitrogens with zero attached hydrogens (tertiary/aromatic N) is 1. The molecule has 9 heteroatoms. The van der Waals surface area contributed by atoms with Gasteiger partial charge in [0.2, 0.25) is 0 Å². The van der Waals surface area contributed by atoms with Gasteiger partial charge in [0.15, 0.2) is 5.82 Å². The Balaban J connectivity index is 2.11. The molecule has 2 N–H and O–H groups in total. The van der Waals surface area contributed by atoms with E-state index in [2.05, 4.69) is 5.10 Å². The van der Waals surface area contributed by atoms with Crippen LogP contribution >= 0.6 is 0 Å². The molecule has 0 aliphatic rings. The first-order valence-corrected chi connectivity index (χ1v) is 7.19. The Morgan fingerprint density at radius 2 is 1.86 bits per heavy atom. The highest BCUT2D eigenvalue weighted by Gasteiger charge is 2.33. The molecule has 0 atom stereocenters. The molecule has 0 aliphatic heterocycles. The van der Waals surface area contributed by atoms with Crippen molar-refractivity contribution in [3.63, 3.8) is 0 Å². The SMILES string of the molecule is O=S(=O)(/C=C/c1ccccc1)Nc1cc(C(F)(F)F)[nH]n1.